The number of hydrogen-bond acceptors (Lipinski definition) is 5. The molecule has 0 aromatic carbocycles. The first-order valence-corrected chi connectivity index (χ1v) is 7.16. The summed E-state index contributed by atoms with van der Waals surface area (Å²) in [6, 6.07) is 0. The molecule has 5 nitrogen and oxygen atoms in total. The van der Waals surface area contributed by atoms with Crippen molar-refractivity contribution in [2.75, 3.05) is 24.6 Å². The van der Waals surface area contributed by atoms with Crippen molar-refractivity contribution in [2.24, 2.45) is 5.92 Å². The molecule has 0 bridgehead atoms. The van der Waals surface area contributed by atoms with E-state index in [2.05, 4.69) is 5.32 Å². The summed E-state index contributed by atoms with van der Waals surface area (Å²) < 4.78 is 28.2. The Bertz CT molecular complexity index is 356. The summed E-state index contributed by atoms with van der Waals surface area (Å²) in [5.41, 5.74) is -0.576. The molecule has 0 aromatic heterocycles. The summed E-state index contributed by atoms with van der Waals surface area (Å²) in [5.74, 6) is -1.06. The summed E-state index contributed by atoms with van der Waals surface area (Å²) in [6.45, 7) is 6.08. The Balaban J connectivity index is 2.68. The first-order valence-electron chi connectivity index (χ1n) is 5.34. The molecule has 94 valence electrons. The van der Waals surface area contributed by atoms with E-state index in [1.165, 1.54) is 0 Å². The second-order valence-electron chi connectivity index (χ2n) is 5.05. The molecule has 6 heteroatoms. The second-order valence-corrected chi connectivity index (χ2v) is 7.28. The Morgan fingerprint density at radius 3 is 2.56 bits per heavy atom. The number of rotatable bonds is 1. The molecule has 1 aliphatic rings. The van der Waals surface area contributed by atoms with E-state index in [9.17, 15) is 13.2 Å². The van der Waals surface area contributed by atoms with Crippen molar-refractivity contribution in [2.45, 2.75) is 26.4 Å². The van der Waals surface area contributed by atoms with Crippen LogP contribution in [0.15, 0.2) is 0 Å². The lowest BCUT2D eigenvalue weighted by Gasteiger charge is -2.23. The number of esters is 1. The van der Waals surface area contributed by atoms with Crippen LogP contribution < -0.4 is 5.32 Å². The first-order chi connectivity index (χ1) is 7.20. The molecule has 1 rings (SSSR count). The van der Waals surface area contributed by atoms with Gasteiger partial charge in [-0.25, -0.2) is 8.42 Å². The fourth-order valence-corrected chi connectivity index (χ4v) is 2.98. The summed E-state index contributed by atoms with van der Waals surface area (Å²) in [4.78, 5) is 11.7. The zero-order valence-electron chi connectivity index (χ0n) is 9.95. The highest BCUT2D eigenvalue weighted by atomic mass is 32.2. The number of hydrogen-bond donors (Lipinski definition) is 1. The lowest BCUT2D eigenvalue weighted by molar-refractivity contribution is -0.158. The van der Waals surface area contributed by atoms with Crippen LogP contribution in [-0.4, -0.2) is 44.6 Å². The predicted molar refractivity (Wildman–Crippen MR) is 60.9 cm³/mol. The number of carbonyl (C=O) groups excluding carboxylic acids is 1. The van der Waals surface area contributed by atoms with Gasteiger partial charge in [0, 0.05) is 13.1 Å². The molecular formula is C10H19NO4S. The van der Waals surface area contributed by atoms with Crippen molar-refractivity contribution in [3.63, 3.8) is 0 Å². The quantitative estimate of drug-likeness (QED) is 0.660. The van der Waals surface area contributed by atoms with Crippen LogP contribution in [0.25, 0.3) is 0 Å². The van der Waals surface area contributed by atoms with E-state index >= 15 is 0 Å². The molecule has 1 fully saturated rings. The maximum Gasteiger partial charge on any atom is 0.311 e. The fraction of sp³-hybridized carbons (Fsp3) is 0.900. The van der Waals surface area contributed by atoms with Crippen LogP contribution in [0.4, 0.5) is 0 Å². The van der Waals surface area contributed by atoms with E-state index in [1.807, 2.05) is 0 Å². The summed E-state index contributed by atoms with van der Waals surface area (Å²) in [7, 11) is -3.13. The van der Waals surface area contributed by atoms with Gasteiger partial charge in [0.15, 0.2) is 9.84 Å². The van der Waals surface area contributed by atoms with Gasteiger partial charge in [0.1, 0.15) is 5.60 Å². The van der Waals surface area contributed by atoms with Crippen molar-refractivity contribution < 1.29 is 17.9 Å². The fourth-order valence-electron chi connectivity index (χ4n) is 1.49. The van der Waals surface area contributed by atoms with Crippen LogP contribution in [0.2, 0.25) is 0 Å². The molecule has 0 spiro atoms. The van der Waals surface area contributed by atoms with Crippen molar-refractivity contribution in [1.29, 1.82) is 0 Å². The van der Waals surface area contributed by atoms with Crippen molar-refractivity contribution in [3.05, 3.63) is 0 Å². The maximum absolute atomic E-state index is 11.7. The van der Waals surface area contributed by atoms with E-state index in [4.69, 9.17) is 4.74 Å². The van der Waals surface area contributed by atoms with Gasteiger partial charge in [-0.05, 0) is 20.8 Å². The standard InChI is InChI=1S/C10H19NO4S/c1-10(2,3)15-9(12)8-6-11-4-5-16(13,14)7-8/h8,11H,4-7H2,1-3H3. The third-order valence-electron chi connectivity index (χ3n) is 2.18. The largest absolute Gasteiger partial charge is 0.460 e. The van der Waals surface area contributed by atoms with E-state index in [0.29, 0.717) is 13.1 Å². The van der Waals surface area contributed by atoms with Crippen LogP contribution in [0.1, 0.15) is 20.8 Å². The highest BCUT2D eigenvalue weighted by Gasteiger charge is 2.31. The second kappa shape index (κ2) is 4.71. The van der Waals surface area contributed by atoms with Crippen molar-refractivity contribution in [3.8, 4) is 0 Å². The van der Waals surface area contributed by atoms with Crippen molar-refractivity contribution >= 4 is 15.8 Å². The molecule has 0 saturated carbocycles. The van der Waals surface area contributed by atoms with Gasteiger partial charge in [-0.1, -0.05) is 0 Å². The smallest absolute Gasteiger partial charge is 0.311 e. The maximum atomic E-state index is 11.7. The highest BCUT2D eigenvalue weighted by Crippen LogP contribution is 2.14. The molecule has 1 heterocycles. The Hall–Kier alpha value is -0.620. The molecule has 0 radical (unpaired) electrons. The highest BCUT2D eigenvalue weighted by molar-refractivity contribution is 7.91. The van der Waals surface area contributed by atoms with E-state index in [-0.39, 0.29) is 11.5 Å². The van der Waals surface area contributed by atoms with Gasteiger partial charge in [-0.15, -0.1) is 0 Å². The molecule has 1 unspecified atom stereocenters. The minimum Gasteiger partial charge on any atom is -0.460 e. The average Bonchev–Trinajstić information content (AvgIpc) is 2.23. The van der Waals surface area contributed by atoms with E-state index in [1.54, 1.807) is 20.8 Å². The zero-order chi connectivity index (χ0) is 12.4. The van der Waals surface area contributed by atoms with Gasteiger partial charge in [-0.3, -0.25) is 4.79 Å². The van der Waals surface area contributed by atoms with Crippen LogP contribution in [0.3, 0.4) is 0 Å². The lowest BCUT2D eigenvalue weighted by Crippen LogP contribution is -2.35. The zero-order valence-corrected chi connectivity index (χ0v) is 10.8. The Kier molecular flexibility index (Phi) is 3.96. The predicted octanol–water partition coefficient (Wildman–Crippen LogP) is -0.0377. The molecule has 0 amide bonds. The van der Waals surface area contributed by atoms with Gasteiger partial charge in [0.2, 0.25) is 0 Å². The minimum atomic E-state index is -3.13. The monoisotopic (exact) mass is 249 g/mol. The Morgan fingerprint density at radius 2 is 2.00 bits per heavy atom. The number of nitrogens with one attached hydrogen (secondary N) is 1. The number of carbonyl (C=O) groups is 1. The Morgan fingerprint density at radius 1 is 1.38 bits per heavy atom. The molecule has 1 atom stereocenters. The molecule has 0 aromatic rings. The lowest BCUT2D eigenvalue weighted by atomic mass is 10.1. The average molecular weight is 249 g/mol. The van der Waals surface area contributed by atoms with Gasteiger partial charge in [-0.2, -0.15) is 0 Å². The van der Waals surface area contributed by atoms with Gasteiger partial charge < -0.3 is 10.1 Å². The summed E-state index contributed by atoms with van der Waals surface area (Å²) >= 11 is 0. The first kappa shape index (κ1) is 13.4. The molecule has 1 aliphatic heterocycles. The van der Waals surface area contributed by atoms with Crippen LogP contribution >= 0.6 is 0 Å². The molecule has 0 aliphatic carbocycles. The van der Waals surface area contributed by atoms with Gasteiger partial charge in [0.25, 0.3) is 0 Å². The van der Waals surface area contributed by atoms with Crippen molar-refractivity contribution in [1.82, 2.24) is 5.32 Å². The van der Waals surface area contributed by atoms with Crippen LogP contribution in [0, 0.1) is 5.92 Å². The third kappa shape index (κ3) is 4.49. The van der Waals surface area contributed by atoms with Crippen LogP contribution in [0.5, 0.6) is 0 Å². The molecule has 1 saturated heterocycles. The number of ether oxygens (including phenoxy) is 1. The minimum absolute atomic E-state index is 0.0896. The molecule has 1 N–H and O–H groups in total. The van der Waals surface area contributed by atoms with Crippen LogP contribution in [-0.2, 0) is 19.4 Å². The van der Waals surface area contributed by atoms with E-state index < -0.39 is 27.3 Å². The van der Waals surface area contributed by atoms with Gasteiger partial charge >= 0.3 is 5.97 Å². The van der Waals surface area contributed by atoms with E-state index in [0.717, 1.165) is 0 Å². The normalized spacial score (nSPS) is 25.8. The topological polar surface area (TPSA) is 72.5 Å². The third-order valence-corrected chi connectivity index (χ3v) is 3.91. The molecule has 16 heavy (non-hydrogen) atoms. The summed E-state index contributed by atoms with van der Waals surface area (Å²) in [6.07, 6.45) is 0. The van der Waals surface area contributed by atoms with Gasteiger partial charge in [0.05, 0.1) is 17.4 Å². The SMILES string of the molecule is CC(C)(C)OC(=O)C1CNCCS(=O)(=O)C1. The number of sulfone groups is 1. The Labute approximate surface area is 96.5 Å². The summed E-state index contributed by atoms with van der Waals surface area (Å²) in [5, 5.41) is 2.94. The molecular weight excluding hydrogens is 230 g/mol.